The lowest BCUT2D eigenvalue weighted by Gasteiger charge is -2.22. The largest absolute Gasteiger partial charge is 0.506 e. The summed E-state index contributed by atoms with van der Waals surface area (Å²) in [7, 11) is 1.17. The number of pyridine rings is 2. The number of carbonyl (C=O) groups excluding carboxylic acids is 1. The predicted molar refractivity (Wildman–Crippen MR) is 121 cm³/mol. The number of methoxy groups -OCH3 is 1. The standard InChI is InChI=1S/C24H32N2O6/c1-6-8-10-31-16-11-17-20(25-15(16)9-7-2)21-18(14(12-32-17)13(3)4)22(27)19(23(28)26-21)24(29)30-5/h11,13-14H,6-10,12H2,1-5H3,(H2,26,27,28). The first kappa shape index (κ1) is 23.6. The van der Waals surface area contributed by atoms with Crippen LogP contribution >= 0.6 is 0 Å². The molecule has 3 heterocycles. The lowest BCUT2D eigenvalue weighted by molar-refractivity contribution is 0.0595. The number of aryl methyl sites for hydroxylation is 1. The summed E-state index contributed by atoms with van der Waals surface area (Å²) in [5, 5.41) is 11.0. The van der Waals surface area contributed by atoms with Crippen molar-refractivity contribution in [1.29, 1.82) is 0 Å². The van der Waals surface area contributed by atoms with E-state index in [2.05, 4.69) is 18.8 Å². The van der Waals surface area contributed by atoms with E-state index in [1.807, 2.05) is 19.9 Å². The molecule has 0 saturated carbocycles. The number of hydrogen-bond acceptors (Lipinski definition) is 7. The lowest BCUT2D eigenvalue weighted by atomic mass is 9.86. The average Bonchev–Trinajstić information content (AvgIpc) is 2.91. The average molecular weight is 445 g/mol. The molecule has 1 aliphatic heterocycles. The van der Waals surface area contributed by atoms with E-state index in [9.17, 15) is 14.7 Å². The van der Waals surface area contributed by atoms with E-state index >= 15 is 0 Å². The summed E-state index contributed by atoms with van der Waals surface area (Å²) in [4.78, 5) is 32.5. The normalized spacial score (nSPS) is 14.9. The van der Waals surface area contributed by atoms with Crippen LogP contribution in [0.15, 0.2) is 10.9 Å². The van der Waals surface area contributed by atoms with Crippen molar-refractivity contribution in [2.24, 2.45) is 5.92 Å². The van der Waals surface area contributed by atoms with Crippen molar-refractivity contribution < 1.29 is 24.1 Å². The van der Waals surface area contributed by atoms with E-state index in [1.54, 1.807) is 0 Å². The molecule has 0 aliphatic carbocycles. The Morgan fingerprint density at radius 3 is 2.72 bits per heavy atom. The molecule has 0 amide bonds. The summed E-state index contributed by atoms with van der Waals surface area (Å²) < 4.78 is 16.8. The highest BCUT2D eigenvalue weighted by Gasteiger charge is 2.34. The van der Waals surface area contributed by atoms with E-state index in [0.717, 1.165) is 25.0 Å². The van der Waals surface area contributed by atoms with Gasteiger partial charge in [0.1, 0.15) is 17.2 Å². The number of carbonyl (C=O) groups is 1. The number of H-pyrrole nitrogens is 1. The molecule has 0 spiro atoms. The van der Waals surface area contributed by atoms with Gasteiger partial charge in [0.15, 0.2) is 11.3 Å². The zero-order chi connectivity index (χ0) is 23.4. The zero-order valence-corrected chi connectivity index (χ0v) is 19.4. The number of unbranched alkanes of at least 4 members (excludes halogenated alkanes) is 1. The smallest absolute Gasteiger partial charge is 0.347 e. The third kappa shape index (κ3) is 4.45. The van der Waals surface area contributed by atoms with Gasteiger partial charge in [-0.1, -0.05) is 40.5 Å². The Morgan fingerprint density at radius 2 is 2.09 bits per heavy atom. The third-order valence-electron chi connectivity index (χ3n) is 5.72. The van der Waals surface area contributed by atoms with Gasteiger partial charge in [-0.15, -0.1) is 0 Å². The van der Waals surface area contributed by atoms with Crippen molar-refractivity contribution in [1.82, 2.24) is 9.97 Å². The Labute approximate surface area is 187 Å². The number of aromatic hydroxyl groups is 1. The summed E-state index contributed by atoms with van der Waals surface area (Å²) >= 11 is 0. The van der Waals surface area contributed by atoms with E-state index in [4.69, 9.17) is 19.2 Å². The van der Waals surface area contributed by atoms with Gasteiger partial charge in [-0.3, -0.25) is 4.79 Å². The quantitative estimate of drug-likeness (QED) is 0.464. The second-order valence-corrected chi connectivity index (χ2v) is 8.35. The van der Waals surface area contributed by atoms with Gasteiger partial charge < -0.3 is 24.3 Å². The number of fused-ring (bicyclic) bond motifs is 3. The number of esters is 1. The summed E-state index contributed by atoms with van der Waals surface area (Å²) in [6.07, 6.45) is 3.50. The van der Waals surface area contributed by atoms with Crippen LogP contribution in [0.3, 0.4) is 0 Å². The number of ether oxygens (including phenoxy) is 3. The predicted octanol–water partition coefficient (Wildman–Crippen LogP) is 4.19. The van der Waals surface area contributed by atoms with Crippen LogP contribution in [0.25, 0.3) is 11.4 Å². The highest BCUT2D eigenvalue weighted by molar-refractivity contribution is 5.93. The fourth-order valence-electron chi connectivity index (χ4n) is 3.90. The molecule has 8 heteroatoms. The van der Waals surface area contributed by atoms with Crippen LogP contribution in [0.4, 0.5) is 0 Å². The summed E-state index contributed by atoms with van der Waals surface area (Å²) in [5.74, 6) is -0.353. The van der Waals surface area contributed by atoms with Gasteiger partial charge in [0.25, 0.3) is 5.56 Å². The number of aromatic nitrogens is 2. The summed E-state index contributed by atoms with van der Waals surface area (Å²) in [6.45, 7) is 8.97. The molecule has 0 bridgehead atoms. The highest BCUT2D eigenvalue weighted by atomic mass is 16.5. The molecule has 1 unspecified atom stereocenters. The van der Waals surface area contributed by atoms with Gasteiger partial charge in [0.2, 0.25) is 0 Å². The Balaban J connectivity index is 2.26. The van der Waals surface area contributed by atoms with Crippen LogP contribution in [0.2, 0.25) is 0 Å². The minimum atomic E-state index is -0.890. The Hall–Kier alpha value is -3.03. The minimum Gasteiger partial charge on any atom is -0.506 e. The molecule has 1 atom stereocenters. The maximum absolute atomic E-state index is 12.8. The van der Waals surface area contributed by atoms with E-state index in [-0.39, 0.29) is 24.2 Å². The maximum Gasteiger partial charge on any atom is 0.347 e. The molecule has 0 radical (unpaired) electrons. The van der Waals surface area contributed by atoms with Crippen LogP contribution < -0.4 is 15.0 Å². The second kappa shape index (κ2) is 10.1. The summed E-state index contributed by atoms with van der Waals surface area (Å²) in [6, 6.07) is 1.82. The van der Waals surface area contributed by atoms with Crippen molar-refractivity contribution in [3.8, 4) is 28.6 Å². The van der Waals surface area contributed by atoms with Crippen molar-refractivity contribution in [2.75, 3.05) is 20.3 Å². The van der Waals surface area contributed by atoms with E-state index in [1.165, 1.54) is 7.11 Å². The molecule has 1 aliphatic rings. The molecule has 2 aromatic heterocycles. The highest BCUT2D eigenvalue weighted by Crippen LogP contribution is 2.45. The van der Waals surface area contributed by atoms with Crippen LogP contribution in [0.1, 0.15) is 74.5 Å². The molecule has 0 aromatic carbocycles. The fourth-order valence-corrected chi connectivity index (χ4v) is 3.90. The molecule has 174 valence electrons. The first-order valence-corrected chi connectivity index (χ1v) is 11.2. The van der Waals surface area contributed by atoms with Crippen LogP contribution in [-0.2, 0) is 11.2 Å². The fraction of sp³-hybridized carbons (Fsp3) is 0.542. The van der Waals surface area contributed by atoms with Crippen LogP contribution in [-0.4, -0.2) is 41.4 Å². The molecule has 2 aromatic rings. The zero-order valence-electron chi connectivity index (χ0n) is 19.4. The number of rotatable bonds is 8. The van der Waals surface area contributed by atoms with Gasteiger partial charge in [-0.2, -0.15) is 0 Å². The van der Waals surface area contributed by atoms with E-state index < -0.39 is 17.1 Å². The molecular weight excluding hydrogens is 412 g/mol. The number of aromatic amines is 1. The summed E-state index contributed by atoms with van der Waals surface area (Å²) in [5.41, 5.74) is 0.854. The van der Waals surface area contributed by atoms with Crippen molar-refractivity contribution >= 4 is 5.97 Å². The second-order valence-electron chi connectivity index (χ2n) is 8.35. The molecule has 0 saturated heterocycles. The lowest BCUT2D eigenvalue weighted by Crippen LogP contribution is -2.24. The minimum absolute atomic E-state index is 0.0562. The third-order valence-corrected chi connectivity index (χ3v) is 5.72. The molecule has 32 heavy (non-hydrogen) atoms. The van der Waals surface area contributed by atoms with Gasteiger partial charge in [-0.25, -0.2) is 9.78 Å². The van der Waals surface area contributed by atoms with Crippen molar-refractivity contribution in [2.45, 2.75) is 59.3 Å². The number of nitrogens with zero attached hydrogens (tertiary/aromatic N) is 1. The monoisotopic (exact) mass is 444 g/mol. The van der Waals surface area contributed by atoms with Gasteiger partial charge in [-0.05, 0) is 18.8 Å². The van der Waals surface area contributed by atoms with Gasteiger partial charge >= 0.3 is 5.97 Å². The number of hydrogen-bond donors (Lipinski definition) is 2. The van der Waals surface area contributed by atoms with Crippen molar-refractivity contribution in [3.63, 3.8) is 0 Å². The Kier molecular flexibility index (Phi) is 7.43. The first-order chi connectivity index (χ1) is 15.3. The number of nitrogens with one attached hydrogen (secondary N) is 1. The molecule has 2 N–H and O–H groups in total. The van der Waals surface area contributed by atoms with Crippen molar-refractivity contribution in [3.05, 3.63) is 33.2 Å². The van der Waals surface area contributed by atoms with Gasteiger partial charge in [0.05, 0.1) is 31.7 Å². The van der Waals surface area contributed by atoms with E-state index in [0.29, 0.717) is 41.5 Å². The molecule has 8 nitrogen and oxygen atoms in total. The SMILES string of the molecule is CCCCOc1cc2c(nc1CCC)-c1[nH]c(=O)c(C(=O)OC)c(O)c1C(C(C)C)CO2. The Bertz CT molecular complexity index is 1040. The topological polar surface area (TPSA) is 111 Å². The first-order valence-electron chi connectivity index (χ1n) is 11.2. The van der Waals surface area contributed by atoms with Crippen LogP contribution in [0.5, 0.6) is 17.2 Å². The molecule has 0 fully saturated rings. The maximum atomic E-state index is 12.8. The van der Waals surface area contributed by atoms with Crippen LogP contribution in [0, 0.1) is 5.92 Å². The van der Waals surface area contributed by atoms with Gasteiger partial charge in [0, 0.05) is 17.5 Å². The molecule has 3 rings (SSSR count). The molecular formula is C24H32N2O6. The Morgan fingerprint density at radius 1 is 1.34 bits per heavy atom.